The summed E-state index contributed by atoms with van der Waals surface area (Å²) < 4.78 is 4.65. The lowest BCUT2D eigenvalue weighted by atomic mass is 10.1. The van der Waals surface area contributed by atoms with Gasteiger partial charge in [-0.15, -0.1) is 0 Å². The van der Waals surface area contributed by atoms with E-state index in [-0.39, 0.29) is 12.0 Å². The van der Waals surface area contributed by atoms with Crippen LogP contribution in [-0.2, 0) is 16.0 Å². The molecule has 2 rings (SSSR count). The minimum Gasteiger partial charge on any atom is -0.469 e. The molecule has 0 saturated carbocycles. The van der Waals surface area contributed by atoms with Crippen molar-refractivity contribution < 1.29 is 9.53 Å². The van der Waals surface area contributed by atoms with Crippen molar-refractivity contribution in [2.75, 3.05) is 13.7 Å². The summed E-state index contributed by atoms with van der Waals surface area (Å²) in [5.41, 5.74) is 2.47. The maximum absolute atomic E-state index is 11.1. The molecule has 1 heterocycles. The second-order valence-corrected chi connectivity index (χ2v) is 4.74. The van der Waals surface area contributed by atoms with E-state index in [1.165, 1.54) is 23.6 Å². The van der Waals surface area contributed by atoms with Crippen molar-refractivity contribution in [1.29, 1.82) is 0 Å². The minimum atomic E-state index is -0.174. The van der Waals surface area contributed by atoms with Gasteiger partial charge in [-0.1, -0.05) is 18.2 Å². The Bertz CT molecular complexity index is 548. The van der Waals surface area contributed by atoms with Gasteiger partial charge in [0, 0.05) is 23.1 Å². The van der Waals surface area contributed by atoms with Crippen molar-refractivity contribution in [2.24, 2.45) is 0 Å². The molecule has 4 nitrogen and oxygen atoms in total. The highest BCUT2D eigenvalue weighted by Gasteiger charge is 2.08. The Kier molecular flexibility index (Phi) is 4.58. The molecule has 1 aromatic heterocycles. The summed E-state index contributed by atoms with van der Waals surface area (Å²) in [6, 6.07) is 8.41. The molecule has 0 radical (unpaired) electrons. The Morgan fingerprint density at radius 3 is 3.00 bits per heavy atom. The number of fused-ring (bicyclic) bond motifs is 1. The normalized spacial score (nSPS) is 12.5. The van der Waals surface area contributed by atoms with Gasteiger partial charge < -0.3 is 15.0 Å². The number of hydrogen-bond donors (Lipinski definition) is 2. The van der Waals surface area contributed by atoms with Crippen LogP contribution in [0.1, 0.15) is 18.9 Å². The molecule has 2 aromatic rings. The van der Waals surface area contributed by atoms with Gasteiger partial charge in [-0.05, 0) is 31.5 Å². The average Bonchev–Trinajstić information content (AvgIpc) is 2.82. The third-order valence-corrected chi connectivity index (χ3v) is 3.26. The average molecular weight is 260 g/mol. The summed E-state index contributed by atoms with van der Waals surface area (Å²) in [4.78, 5) is 14.4. The lowest BCUT2D eigenvalue weighted by molar-refractivity contribution is -0.141. The fourth-order valence-electron chi connectivity index (χ4n) is 2.20. The zero-order chi connectivity index (χ0) is 13.7. The van der Waals surface area contributed by atoms with Crippen LogP contribution in [0.4, 0.5) is 0 Å². The van der Waals surface area contributed by atoms with Gasteiger partial charge in [0.1, 0.15) is 0 Å². The van der Waals surface area contributed by atoms with Crippen LogP contribution in [0.2, 0.25) is 0 Å². The van der Waals surface area contributed by atoms with Gasteiger partial charge in [0.15, 0.2) is 0 Å². The molecule has 4 heteroatoms. The SMILES string of the molecule is COC(=O)CC(C)NCCc1c[nH]c2ccccc12. The van der Waals surface area contributed by atoms with E-state index in [9.17, 15) is 4.79 Å². The number of methoxy groups -OCH3 is 1. The van der Waals surface area contributed by atoms with Crippen LogP contribution in [0.5, 0.6) is 0 Å². The van der Waals surface area contributed by atoms with Crippen molar-refractivity contribution in [3.8, 4) is 0 Å². The summed E-state index contributed by atoms with van der Waals surface area (Å²) in [5, 5.41) is 4.60. The number of para-hydroxylation sites is 1. The summed E-state index contributed by atoms with van der Waals surface area (Å²) in [5.74, 6) is -0.174. The number of aromatic nitrogens is 1. The van der Waals surface area contributed by atoms with Crippen molar-refractivity contribution in [1.82, 2.24) is 10.3 Å². The maximum atomic E-state index is 11.1. The third-order valence-electron chi connectivity index (χ3n) is 3.26. The second kappa shape index (κ2) is 6.38. The summed E-state index contributed by atoms with van der Waals surface area (Å²) in [7, 11) is 1.42. The third kappa shape index (κ3) is 3.58. The molecule has 0 spiro atoms. The monoisotopic (exact) mass is 260 g/mol. The summed E-state index contributed by atoms with van der Waals surface area (Å²) in [6.07, 6.45) is 3.40. The molecule has 0 aliphatic rings. The Hall–Kier alpha value is -1.81. The van der Waals surface area contributed by atoms with E-state index in [0.29, 0.717) is 6.42 Å². The molecule has 2 N–H and O–H groups in total. The number of esters is 1. The van der Waals surface area contributed by atoms with Gasteiger partial charge in [-0.3, -0.25) is 4.79 Å². The topological polar surface area (TPSA) is 54.1 Å². The zero-order valence-electron chi connectivity index (χ0n) is 11.4. The van der Waals surface area contributed by atoms with E-state index in [2.05, 4.69) is 33.4 Å². The highest BCUT2D eigenvalue weighted by Crippen LogP contribution is 2.17. The standard InChI is InChI=1S/C15H20N2O2/c1-11(9-15(18)19-2)16-8-7-12-10-17-14-6-4-3-5-13(12)14/h3-6,10-11,16-17H,7-9H2,1-2H3. The number of aromatic amines is 1. The maximum Gasteiger partial charge on any atom is 0.307 e. The van der Waals surface area contributed by atoms with Crippen LogP contribution in [0.25, 0.3) is 10.9 Å². The molecule has 19 heavy (non-hydrogen) atoms. The first-order valence-corrected chi connectivity index (χ1v) is 6.56. The van der Waals surface area contributed by atoms with Gasteiger partial charge in [-0.25, -0.2) is 0 Å². The van der Waals surface area contributed by atoms with E-state index in [4.69, 9.17) is 0 Å². The van der Waals surface area contributed by atoms with Crippen LogP contribution < -0.4 is 5.32 Å². The zero-order valence-corrected chi connectivity index (χ0v) is 11.4. The first kappa shape index (κ1) is 13.6. The fourth-order valence-corrected chi connectivity index (χ4v) is 2.20. The number of ether oxygens (including phenoxy) is 1. The number of rotatable bonds is 6. The number of benzene rings is 1. The predicted octanol–water partition coefficient (Wildman–Crippen LogP) is 2.25. The highest BCUT2D eigenvalue weighted by atomic mass is 16.5. The smallest absolute Gasteiger partial charge is 0.307 e. The molecule has 1 aromatic carbocycles. The molecule has 0 fully saturated rings. The van der Waals surface area contributed by atoms with E-state index in [0.717, 1.165) is 13.0 Å². The molecular formula is C15H20N2O2. The Labute approximate surface area is 113 Å². The Morgan fingerprint density at radius 2 is 2.21 bits per heavy atom. The van der Waals surface area contributed by atoms with Crippen molar-refractivity contribution in [3.05, 3.63) is 36.0 Å². The van der Waals surface area contributed by atoms with Crippen LogP contribution in [-0.4, -0.2) is 30.6 Å². The molecule has 0 aliphatic heterocycles. The lowest BCUT2D eigenvalue weighted by Gasteiger charge is -2.11. The highest BCUT2D eigenvalue weighted by molar-refractivity contribution is 5.83. The number of H-pyrrole nitrogens is 1. The second-order valence-electron chi connectivity index (χ2n) is 4.74. The minimum absolute atomic E-state index is 0.137. The first-order valence-electron chi connectivity index (χ1n) is 6.56. The summed E-state index contributed by atoms with van der Waals surface area (Å²) in [6.45, 7) is 2.84. The number of carbonyl (C=O) groups is 1. The van der Waals surface area contributed by atoms with E-state index >= 15 is 0 Å². The van der Waals surface area contributed by atoms with Crippen LogP contribution >= 0.6 is 0 Å². The fraction of sp³-hybridized carbons (Fsp3) is 0.400. The predicted molar refractivity (Wildman–Crippen MR) is 76.1 cm³/mol. The molecular weight excluding hydrogens is 240 g/mol. The molecule has 0 aliphatic carbocycles. The largest absolute Gasteiger partial charge is 0.469 e. The Balaban J connectivity index is 1.84. The van der Waals surface area contributed by atoms with E-state index in [1.807, 2.05) is 19.1 Å². The van der Waals surface area contributed by atoms with Gasteiger partial charge in [-0.2, -0.15) is 0 Å². The van der Waals surface area contributed by atoms with E-state index in [1.54, 1.807) is 0 Å². The molecule has 0 bridgehead atoms. The van der Waals surface area contributed by atoms with Crippen LogP contribution in [0, 0.1) is 0 Å². The van der Waals surface area contributed by atoms with Crippen molar-refractivity contribution in [2.45, 2.75) is 25.8 Å². The summed E-state index contributed by atoms with van der Waals surface area (Å²) >= 11 is 0. The molecule has 0 amide bonds. The van der Waals surface area contributed by atoms with Crippen LogP contribution in [0.3, 0.4) is 0 Å². The van der Waals surface area contributed by atoms with Gasteiger partial charge in [0.05, 0.1) is 13.5 Å². The number of hydrogen-bond acceptors (Lipinski definition) is 3. The first-order chi connectivity index (χ1) is 9.20. The van der Waals surface area contributed by atoms with Crippen molar-refractivity contribution in [3.63, 3.8) is 0 Å². The van der Waals surface area contributed by atoms with Crippen molar-refractivity contribution >= 4 is 16.9 Å². The molecule has 0 saturated heterocycles. The number of carbonyl (C=O) groups excluding carboxylic acids is 1. The van der Waals surface area contributed by atoms with Gasteiger partial charge in [0.2, 0.25) is 0 Å². The quantitative estimate of drug-likeness (QED) is 0.783. The Morgan fingerprint density at radius 1 is 1.42 bits per heavy atom. The van der Waals surface area contributed by atoms with Crippen LogP contribution in [0.15, 0.2) is 30.5 Å². The lowest BCUT2D eigenvalue weighted by Crippen LogP contribution is -2.30. The van der Waals surface area contributed by atoms with E-state index < -0.39 is 0 Å². The molecule has 102 valence electrons. The van der Waals surface area contributed by atoms with Gasteiger partial charge >= 0.3 is 5.97 Å². The molecule has 1 unspecified atom stereocenters. The van der Waals surface area contributed by atoms with Gasteiger partial charge in [0.25, 0.3) is 0 Å². The number of nitrogens with one attached hydrogen (secondary N) is 2. The molecule has 1 atom stereocenters.